The lowest BCUT2D eigenvalue weighted by Crippen LogP contribution is -2.38. The predicted molar refractivity (Wildman–Crippen MR) is 64.4 cm³/mol. The molecule has 1 rings (SSSR count). The number of rotatable bonds is 7. The minimum absolute atomic E-state index is 0.0406. The van der Waals surface area contributed by atoms with Gasteiger partial charge in [0.2, 0.25) is 0 Å². The summed E-state index contributed by atoms with van der Waals surface area (Å²) >= 11 is 0. The van der Waals surface area contributed by atoms with Crippen molar-refractivity contribution < 1.29 is 24.9 Å². The second-order valence-electron chi connectivity index (χ2n) is 3.58. The van der Waals surface area contributed by atoms with E-state index in [0.29, 0.717) is 0 Å². The van der Waals surface area contributed by atoms with Gasteiger partial charge in [0.25, 0.3) is 5.91 Å². The summed E-state index contributed by atoms with van der Waals surface area (Å²) in [5.74, 6) is -0.179. The second-order valence-corrected chi connectivity index (χ2v) is 3.58. The van der Waals surface area contributed by atoms with Crippen LogP contribution < -0.4 is 4.74 Å². The number of para-hydroxylation sites is 2. The normalized spacial score (nSPS) is 10.1. The van der Waals surface area contributed by atoms with Gasteiger partial charge in [-0.1, -0.05) is 12.1 Å². The van der Waals surface area contributed by atoms with Crippen molar-refractivity contribution in [2.75, 3.05) is 32.9 Å². The summed E-state index contributed by atoms with van der Waals surface area (Å²) in [6, 6.07) is 6.33. The average Bonchev–Trinajstić information content (AvgIpc) is 2.37. The third kappa shape index (κ3) is 4.23. The van der Waals surface area contributed by atoms with E-state index in [0.717, 1.165) is 0 Å². The van der Waals surface area contributed by atoms with E-state index in [4.69, 9.17) is 14.9 Å². The highest BCUT2D eigenvalue weighted by atomic mass is 16.5. The molecule has 0 atom stereocenters. The van der Waals surface area contributed by atoms with E-state index in [9.17, 15) is 9.90 Å². The Morgan fingerprint density at radius 1 is 1.17 bits per heavy atom. The third-order valence-electron chi connectivity index (χ3n) is 2.31. The average molecular weight is 255 g/mol. The number of phenolic OH excluding ortho intramolecular Hbond substituents is 1. The van der Waals surface area contributed by atoms with E-state index in [1.807, 2.05) is 0 Å². The molecule has 1 aromatic carbocycles. The molecule has 0 unspecified atom stereocenters. The number of phenols is 1. The first-order valence-corrected chi connectivity index (χ1v) is 5.59. The fourth-order valence-corrected chi connectivity index (χ4v) is 1.41. The summed E-state index contributed by atoms with van der Waals surface area (Å²) in [4.78, 5) is 13.0. The maximum atomic E-state index is 11.7. The third-order valence-corrected chi connectivity index (χ3v) is 2.31. The monoisotopic (exact) mass is 255 g/mol. The number of carbonyl (C=O) groups is 1. The Bertz CT molecular complexity index is 376. The number of hydrogen-bond acceptors (Lipinski definition) is 5. The number of aromatic hydroxyl groups is 1. The maximum absolute atomic E-state index is 11.7. The minimum Gasteiger partial charge on any atom is -0.504 e. The molecule has 0 aliphatic carbocycles. The van der Waals surface area contributed by atoms with Crippen LogP contribution in [-0.2, 0) is 4.79 Å². The van der Waals surface area contributed by atoms with E-state index < -0.39 is 0 Å². The summed E-state index contributed by atoms with van der Waals surface area (Å²) < 4.78 is 5.17. The zero-order valence-corrected chi connectivity index (χ0v) is 9.95. The van der Waals surface area contributed by atoms with Crippen molar-refractivity contribution in [1.82, 2.24) is 4.90 Å². The Morgan fingerprint density at radius 3 is 2.33 bits per heavy atom. The van der Waals surface area contributed by atoms with E-state index in [1.165, 1.54) is 11.0 Å². The van der Waals surface area contributed by atoms with Crippen molar-refractivity contribution in [1.29, 1.82) is 0 Å². The van der Waals surface area contributed by atoms with Gasteiger partial charge in [-0.15, -0.1) is 0 Å². The van der Waals surface area contributed by atoms with Gasteiger partial charge >= 0.3 is 0 Å². The first-order chi connectivity index (χ1) is 8.69. The van der Waals surface area contributed by atoms with Gasteiger partial charge in [0, 0.05) is 13.1 Å². The number of carbonyl (C=O) groups excluding carboxylic acids is 1. The van der Waals surface area contributed by atoms with Crippen LogP contribution in [0.4, 0.5) is 0 Å². The van der Waals surface area contributed by atoms with Gasteiger partial charge in [-0.05, 0) is 12.1 Å². The van der Waals surface area contributed by atoms with Crippen LogP contribution in [0.5, 0.6) is 11.5 Å². The summed E-state index contributed by atoms with van der Waals surface area (Å²) in [6.07, 6.45) is 0. The quantitative estimate of drug-likeness (QED) is 0.616. The van der Waals surface area contributed by atoms with Crippen LogP contribution >= 0.6 is 0 Å². The Balaban J connectivity index is 2.51. The molecule has 0 aliphatic heterocycles. The number of nitrogens with zero attached hydrogens (tertiary/aromatic N) is 1. The molecule has 100 valence electrons. The van der Waals surface area contributed by atoms with Crippen molar-refractivity contribution in [3.05, 3.63) is 24.3 Å². The molecule has 3 N–H and O–H groups in total. The second kappa shape index (κ2) is 7.52. The van der Waals surface area contributed by atoms with Gasteiger partial charge in [-0.25, -0.2) is 0 Å². The van der Waals surface area contributed by atoms with Gasteiger partial charge in [-0.3, -0.25) is 4.79 Å². The summed E-state index contributed by atoms with van der Waals surface area (Å²) in [7, 11) is 0. The molecular formula is C12H17NO5. The number of hydrogen-bond donors (Lipinski definition) is 3. The zero-order chi connectivity index (χ0) is 13.4. The van der Waals surface area contributed by atoms with E-state index >= 15 is 0 Å². The molecule has 6 nitrogen and oxygen atoms in total. The van der Waals surface area contributed by atoms with Crippen molar-refractivity contribution in [2.24, 2.45) is 0 Å². The summed E-state index contributed by atoms with van der Waals surface area (Å²) in [6.45, 7) is -0.324. The molecule has 18 heavy (non-hydrogen) atoms. The molecule has 0 radical (unpaired) electrons. The van der Waals surface area contributed by atoms with E-state index in [1.54, 1.807) is 18.2 Å². The molecule has 0 heterocycles. The molecule has 0 spiro atoms. The molecule has 0 bridgehead atoms. The van der Waals surface area contributed by atoms with Gasteiger partial charge in [0.1, 0.15) is 0 Å². The number of aliphatic hydroxyl groups is 2. The van der Waals surface area contributed by atoms with Gasteiger partial charge in [0.15, 0.2) is 18.1 Å². The number of amides is 1. The molecular weight excluding hydrogens is 238 g/mol. The highest BCUT2D eigenvalue weighted by Crippen LogP contribution is 2.24. The van der Waals surface area contributed by atoms with Crippen LogP contribution in [0, 0.1) is 0 Å². The molecule has 6 heteroatoms. The Hall–Kier alpha value is -1.79. The molecule has 0 aromatic heterocycles. The van der Waals surface area contributed by atoms with Crippen LogP contribution in [0.25, 0.3) is 0 Å². The lowest BCUT2D eigenvalue weighted by atomic mass is 10.3. The van der Waals surface area contributed by atoms with Crippen LogP contribution in [0.2, 0.25) is 0 Å². The van der Waals surface area contributed by atoms with Crippen LogP contribution in [0.1, 0.15) is 0 Å². The standard InChI is InChI=1S/C12H17NO5/c14-7-5-13(6-8-15)12(17)9-18-11-4-2-1-3-10(11)16/h1-4,14-16H,5-9H2. The topological polar surface area (TPSA) is 90.2 Å². The fraction of sp³-hybridized carbons (Fsp3) is 0.417. The first kappa shape index (κ1) is 14.3. The number of benzene rings is 1. The van der Waals surface area contributed by atoms with E-state index in [-0.39, 0.29) is 50.3 Å². The Morgan fingerprint density at radius 2 is 1.78 bits per heavy atom. The maximum Gasteiger partial charge on any atom is 0.260 e. The van der Waals surface area contributed by atoms with Crippen LogP contribution in [-0.4, -0.2) is 59.0 Å². The van der Waals surface area contributed by atoms with Crippen molar-refractivity contribution in [3.8, 4) is 11.5 Å². The minimum atomic E-state index is -0.360. The zero-order valence-electron chi connectivity index (χ0n) is 9.95. The largest absolute Gasteiger partial charge is 0.504 e. The summed E-state index contributed by atoms with van der Waals surface area (Å²) in [5.41, 5.74) is 0. The lowest BCUT2D eigenvalue weighted by Gasteiger charge is -2.20. The van der Waals surface area contributed by atoms with Crippen LogP contribution in [0.3, 0.4) is 0 Å². The first-order valence-electron chi connectivity index (χ1n) is 5.59. The van der Waals surface area contributed by atoms with Gasteiger partial charge in [0.05, 0.1) is 13.2 Å². The van der Waals surface area contributed by atoms with Crippen molar-refractivity contribution >= 4 is 5.91 Å². The van der Waals surface area contributed by atoms with Crippen LogP contribution in [0.15, 0.2) is 24.3 Å². The van der Waals surface area contributed by atoms with Crippen molar-refractivity contribution in [2.45, 2.75) is 0 Å². The highest BCUT2D eigenvalue weighted by molar-refractivity contribution is 5.77. The number of ether oxygens (including phenoxy) is 1. The molecule has 1 aromatic rings. The van der Waals surface area contributed by atoms with Gasteiger partial charge < -0.3 is 25.0 Å². The SMILES string of the molecule is O=C(COc1ccccc1O)N(CCO)CCO. The molecule has 0 aliphatic rings. The highest BCUT2D eigenvalue weighted by Gasteiger charge is 2.13. The predicted octanol–water partition coefficient (Wildman–Crippen LogP) is -0.416. The van der Waals surface area contributed by atoms with E-state index in [2.05, 4.69) is 0 Å². The molecule has 0 saturated carbocycles. The Kier molecular flexibility index (Phi) is 5.96. The Labute approximate surface area is 105 Å². The summed E-state index contributed by atoms with van der Waals surface area (Å²) in [5, 5.41) is 27.0. The van der Waals surface area contributed by atoms with Crippen molar-refractivity contribution in [3.63, 3.8) is 0 Å². The lowest BCUT2D eigenvalue weighted by molar-refractivity contribution is -0.134. The molecule has 0 saturated heterocycles. The number of aliphatic hydroxyl groups excluding tert-OH is 2. The smallest absolute Gasteiger partial charge is 0.260 e. The molecule has 1 amide bonds. The van der Waals surface area contributed by atoms with Gasteiger partial charge in [-0.2, -0.15) is 0 Å². The molecule has 0 fully saturated rings. The fourth-order valence-electron chi connectivity index (χ4n) is 1.41.